The van der Waals surface area contributed by atoms with Gasteiger partial charge in [0.05, 0.1) is 0 Å². The number of rotatable bonds is 9. The fourth-order valence-corrected chi connectivity index (χ4v) is 3.03. The summed E-state index contributed by atoms with van der Waals surface area (Å²) in [5, 5.41) is 6.68. The molecule has 0 aromatic heterocycles. The van der Waals surface area contributed by atoms with Gasteiger partial charge in [0.25, 0.3) is 0 Å². The van der Waals surface area contributed by atoms with Gasteiger partial charge in [0.2, 0.25) is 0 Å². The van der Waals surface area contributed by atoms with Crippen molar-refractivity contribution in [3.63, 3.8) is 0 Å². The van der Waals surface area contributed by atoms with Gasteiger partial charge < -0.3 is 25.0 Å². The van der Waals surface area contributed by atoms with Crippen molar-refractivity contribution >= 4 is 12.1 Å². The molecule has 1 unspecified atom stereocenters. The molecule has 0 aromatic rings. The molecule has 1 aliphatic heterocycles. The first kappa shape index (κ1) is 23.5. The lowest BCUT2D eigenvalue weighted by Crippen LogP contribution is -2.44. The highest BCUT2D eigenvalue weighted by atomic mass is 16.6. The van der Waals surface area contributed by atoms with E-state index in [1.165, 1.54) is 0 Å². The van der Waals surface area contributed by atoms with E-state index in [2.05, 4.69) is 22.5 Å². The first-order valence-electron chi connectivity index (χ1n) is 10.4. The molecule has 0 saturated carbocycles. The third-order valence-electron chi connectivity index (χ3n) is 4.28. The molecule has 27 heavy (non-hydrogen) atoms. The zero-order valence-corrected chi connectivity index (χ0v) is 18.0. The maximum atomic E-state index is 12.3. The summed E-state index contributed by atoms with van der Waals surface area (Å²) in [5.74, 6) is 1.36. The van der Waals surface area contributed by atoms with E-state index in [0.29, 0.717) is 5.92 Å². The number of amides is 1. The first-order valence-corrected chi connectivity index (χ1v) is 10.4. The lowest BCUT2D eigenvalue weighted by atomic mass is 9.95. The number of carbonyl (C=O) groups excluding carboxylic acids is 1. The number of nitrogens with zero attached hydrogens (tertiary/aromatic N) is 2. The van der Waals surface area contributed by atoms with Crippen molar-refractivity contribution in [3.8, 4) is 0 Å². The van der Waals surface area contributed by atoms with Gasteiger partial charge in [-0.1, -0.05) is 0 Å². The van der Waals surface area contributed by atoms with Crippen LogP contribution in [0.1, 0.15) is 60.3 Å². The molecule has 7 heteroatoms. The van der Waals surface area contributed by atoms with Crippen molar-refractivity contribution in [1.82, 2.24) is 15.5 Å². The summed E-state index contributed by atoms with van der Waals surface area (Å²) in [6, 6.07) is 0. The second-order valence-corrected chi connectivity index (χ2v) is 7.96. The van der Waals surface area contributed by atoms with Gasteiger partial charge in [-0.15, -0.1) is 0 Å². The van der Waals surface area contributed by atoms with Crippen LogP contribution in [0.2, 0.25) is 0 Å². The Hall–Kier alpha value is -1.50. The summed E-state index contributed by atoms with van der Waals surface area (Å²) < 4.78 is 10.8. The van der Waals surface area contributed by atoms with Gasteiger partial charge in [-0.25, -0.2) is 4.79 Å². The molecule has 158 valence electrons. The molecule has 1 fully saturated rings. The average molecular weight is 385 g/mol. The van der Waals surface area contributed by atoms with E-state index in [0.717, 1.165) is 77.6 Å². The number of carbonyl (C=O) groups is 1. The van der Waals surface area contributed by atoms with E-state index in [1.54, 1.807) is 0 Å². The third-order valence-corrected chi connectivity index (χ3v) is 4.28. The first-order chi connectivity index (χ1) is 12.9. The smallest absolute Gasteiger partial charge is 0.410 e. The lowest BCUT2D eigenvalue weighted by molar-refractivity contribution is 0.0162. The van der Waals surface area contributed by atoms with Crippen LogP contribution in [0.3, 0.4) is 0 Å². The Kier molecular flexibility index (Phi) is 11.2. The van der Waals surface area contributed by atoms with E-state index >= 15 is 0 Å². The summed E-state index contributed by atoms with van der Waals surface area (Å²) in [4.78, 5) is 18.7. The Labute approximate surface area is 165 Å². The maximum absolute atomic E-state index is 12.3. The normalized spacial score (nSPS) is 18.3. The predicted octanol–water partition coefficient (Wildman–Crippen LogP) is 3.01. The van der Waals surface area contributed by atoms with Crippen molar-refractivity contribution in [1.29, 1.82) is 0 Å². The van der Waals surface area contributed by atoms with Crippen molar-refractivity contribution < 1.29 is 14.3 Å². The standard InChI is InChI=1S/C20H40N4O3/c1-6-21-18(22-12-9-15-26-7-2)23-13-11-17-10-8-14-24(16-17)19(25)27-20(3,4)5/h17H,6-16H2,1-5H3,(H2,21,22,23). The number of nitrogens with one attached hydrogen (secondary N) is 2. The Morgan fingerprint density at radius 3 is 2.70 bits per heavy atom. The van der Waals surface area contributed by atoms with Crippen LogP contribution in [0.4, 0.5) is 4.79 Å². The van der Waals surface area contributed by atoms with E-state index in [1.807, 2.05) is 32.6 Å². The summed E-state index contributed by atoms with van der Waals surface area (Å²) in [6.07, 6.45) is 3.95. The van der Waals surface area contributed by atoms with Crippen molar-refractivity contribution in [3.05, 3.63) is 0 Å². The molecule has 2 N–H and O–H groups in total. The van der Waals surface area contributed by atoms with Crippen LogP contribution in [0.15, 0.2) is 4.99 Å². The molecule has 0 bridgehead atoms. The molecule has 1 saturated heterocycles. The fraction of sp³-hybridized carbons (Fsp3) is 0.900. The zero-order valence-electron chi connectivity index (χ0n) is 18.0. The molecule has 0 aliphatic carbocycles. The summed E-state index contributed by atoms with van der Waals surface area (Å²) in [5.41, 5.74) is -0.440. The van der Waals surface area contributed by atoms with Gasteiger partial charge >= 0.3 is 6.09 Å². The minimum atomic E-state index is -0.440. The molecule has 0 aromatic carbocycles. The molecule has 1 rings (SSSR count). The monoisotopic (exact) mass is 384 g/mol. The Balaban J connectivity index is 2.35. The van der Waals surface area contributed by atoms with Gasteiger partial charge in [0.1, 0.15) is 5.60 Å². The van der Waals surface area contributed by atoms with Crippen LogP contribution in [-0.4, -0.2) is 68.5 Å². The Morgan fingerprint density at radius 1 is 1.26 bits per heavy atom. The summed E-state index contributed by atoms with van der Waals surface area (Å²) in [6.45, 7) is 15.3. The second-order valence-electron chi connectivity index (χ2n) is 7.96. The molecule has 0 radical (unpaired) electrons. The number of ether oxygens (including phenoxy) is 2. The largest absolute Gasteiger partial charge is 0.444 e. The number of guanidine groups is 1. The molecule has 1 amide bonds. The van der Waals surface area contributed by atoms with Crippen LogP contribution < -0.4 is 10.6 Å². The SMILES string of the molecule is CCNC(=NCCCOCC)NCCC1CCCN(C(=O)OC(C)(C)C)C1. The molecule has 0 spiro atoms. The summed E-state index contributed by atoms with van der Waals surface area (Å²) >= 11 is 0. The molecule has 1 atom stereocenters. The highest BCUT2D eigenvalue weighted by Gasteiger charge is 2.27. The Morgan fingerprint density at radius 2 is 2.04 bits per heavy atom. The quantitative estimate of drug-likeness (QED) is 0.363. The highest BCUT2D eigenvalue weighted by Crippen LogP contribution is 2.21. The van der Waals surface area contributed by atoms with Crippen LogP contribution in [0.5, 0.6) is 0 Å². The van der Waals surface area contributed by atoms with Gasteiger partial charge in [-0.3, -0.25) is 4.99 Å². The molecule has 1 aliphatic rings. The number of aliphatic imine (C=N–C) groups is 1. The van der Waals surface area contributed by atoms with E-state index in [9.17, 15) is 4.79 Å². The topological polar surface area (TPSA) is 75.2 Å². The van der Waals surface area contributed by atoms with E-state index in [-0.39, 0.29) is 6.09 Å². The number of piperidine rings is 1. The van der Waals surface area contributed by atoms with Gasteiger partial charge in [-0.2, -0.15) is 0 Å². The lowest BCUT2D eigenvalue weighted by Gasteiger charge is -2.34. The zero-order chi connectivity index (χ0) is 20.1. The summed E-state index contributed by atoms with van der Waals surface area (Å²) in [7, 11) is 0. The highest BCUT2D eigenvalue weighted by molar-refractivity contribution is 5.79. The number of hydrogen-bond donors (Lipinski definition) is 2. The molecular formula is C20H40N4O3. The van der Waals surface area contributed by atoms with Crippen LogP contribution in [-0.2, 0) is 9.47 Å². The molecule has 7 nitrogen and oxygen atoms in total. The van der Waals surface area contributed by atoms with Crippen molar-refractivity contribution in [2.75, 3.05) is 45.9 Å². The number of likely N-dealkylation sites (tertiary alicyclic amines) is 1. The fourth-order valence-electron chi connectivity index (χ4n) is 3.03. The minimum Gasteiger partial charge on any atom is -0.444 e. The van der Waals surface area contributed by atoms with Gasteiger partial charge in [0, 0.05) is 45.9 Å². The van der Waals surface area contributed by atoms with Gasteiger partial charge in [-0.05, 0) is 66.2 Å². The third kappa shape index (κ3) is 11.1. The van der Waals surface area contributed by atoms with E-state index in [4.69, 9.17) is 9.47 Å². The maximum Gasteiger partial charge on any atom is 0.410 e. The van der Waals surface area contributed by atoms with Crippen LogP contribution >= 0.6 is 0 Å². The van der Waals surface area contributed by atoms with E-state index < -0.39 is 5.60 Å². The van der Waals surface area contributed by atoms with Crippen molar-refractivity contribution in [2.45, 2.75) is 65.9 Å². The number of hydrogen-bond acceptors (Lipinski definition) is 4. The Bertz CT molecular complexity index is 449. The van der Waals surface area contributed by atoms with Crippen molar-refractivity contribution in [2.24, 2.45) is 10.9 Å². The van der Waals surface area contributed by atoms with Crippen LogP contribution in [0, 0.1) is 5.92 Å². The minimum absolute atomic E-state index is 0.190. The van der Waals surface area contributed by atoms with Crippen LogP contribution in [0.25, 0.3) is 0 Å². The predicted molar refractivity (Wildman–Crippen MR) is 110 cm³/mol. The average Bonchev–Trinajstić information content (AvgIpc) is 2.60. The second kappa shape index (κ2) is 12.8. The molecule has 1 heterocycles. The van der Waals surface area contributed by atoms with Gasteiger partial charge in [0.15, 0.2) is 5.96 Å². The molecular weight excluding hydrogens is 344 g/mol.